The van der Waals surface area contributed by atoms with Crippen LogP contribution in [0.25, 0.3) is 5.70 Å². The highest BCUT2D eigenvalue weighted by molar-refractivity contribution is 6.10. The van der Waals surface area contributed by atoms with Gasteiger partial charge in [-0.3, -0.25) is 14.5 Å². The van der Waals surface area contributed by atoms with Gasteiger partial charge in [0.05, 0.1) is 13.2 Å². The Labute approximate surface area is 151 Å². The molecule has 1 aliphatic rings. The molecule has 0 aromatic heterocycles. The summed E-state index contributed by atoms with van der Waals surface area (Å²) in [5.74, 6) is -0.950. The largest absolute Gasteiger partial charge is 0.494 e. The van der Waals surface area contributed by atoms with Gasteiger partial charge >= 0.3 is 0 Å². The van der Waals surface area contributed by atoms with Gasteiger partial charge in [-0.15, -0.1) is 0 Å². The first-order valence-electron chi connectivity index (χ1n) is 8.15. The molecule has 2 aromatic rings. The Bertz CT molecular complexity index is 859. The van der Waals surface area contributed by atoms with Crippen LogP contribution in [0.3, 0.4) is 0 Å². The van der Waals surface area contributed by atoms with E-state index in [1.54, 1.807) is 31.2 Å². The lowest BCUT2D eigenvalue weighted by Gasteiger charge is -2.20. The minimum absolute atomic E-state index is 0.143. The van der Waals surface area contributed by atoms with Crippen LogP contribution in [0.2, 0.25) is 0 Å². The maximum atomic E-state index is 13.8. The molecule has 0 radical (unpaired) electrons. The monoisotopic (exact) mass is 354 g/mol. The Morgan fingerprint density at radius 2 is 1.96 bits per heavy atom. The number of amides is 2. The minimum atomic E-state index is -0.496. The van der Waals surface area contributed by atoms with E-state index in [-0.39, 0.29) is 24.1 Å². The highest BCUT2D eigenvalue weighted by atomic mass is 19.1. The Balaban J connectivity index is 1.67. The van der Waals surface area contributed by atoms with Crippen molar-refractivity contribution in [2.75, 3.05) is 13.7 Å². The highest BCUT2D eigenvalue weighted by Gasteiger charge is 2.32. The van der Waals surface area contributed by atoms with Gasteiger partial charge in [-0.1, -0.05) is 30.8 Å². The number of rotatable bonds is 5. The number of fused-ring (bicyclic) bond motifs is 1. The average Bonchev–Trinajstić information content (AvgIpc) is 2.87. The average molecular weight is 354 g/mol. The minimum Gasteiger partial charge on any atom is -0.494 e. The zero-order valence-electron chi connectivity index (χ0n) is 14.6. The zero-order chi connectivity index (χ0) is 18.8. The molecule has 1 aliphatic heterocycles. The highest BCUT2D eigenvalue weighted by Crippen LogP contribution is 2.30. The van der Waals surface area contributed by atoms with Crippen molar-refractivity contribution < 1.29 is 18.7 Å². The van der Waals surface area contributed by atoms with E-state index >= 15 is 0 Å². The summed E-state index contributed by atoms with van der Waals surface area (Å²) in [6.07, 6.45) is 0. The number of nitrogens with zero attached hydrogens (tertiary/aromatic N) is 1. The molecule has 1 N–H and O–H groups in total. The smallest absolute Gasteiger partial charge is 0.259 e. The van der Waals surface area contributed by atoms with Crippen LogP contribution < -0.4 is 10.1 Å². The molecule has 134 valence electrons. The van der Waals surface area contributed by atoms with Crippen molar-refractivity contribution in [2.24, 2.45) is 0 Å². The van der Waals surface area contributed by atoms with Crippen molar-refractivity contribution in [1.82, 2.24) is 10.2 Å². The Morgan fingerprint density at radius 3 is 2.58 bits per heavy atom. The molecular formula is C20H19FN2O3. The fourth-order valence-electron chi connectivity index (χ4n) is 2.97. The van der Waals surface area contributed by atoms with E-state index in [0.717, 1.165) is 5.56 Å². The summed E-state index contributed by atoms with van der Waals surface area (Å²) in [5.41, 5.74) is 2.38. The number of methoxy groups -OCH3 is 1. The molecule has 5 nitrogen and oxygen atoms in total. The number of hydrogen-bond acceptors (Lipinski definition) is 3. The van der Waals surface area contributed by atoms with Gasteiger partial charge in [-0.05, 0) is 30.7 Å². The number of benzene rings is 2. The second-order valence-corrected chi connectivity index (χ2v) is 6.07. The molecule has 0 fully saturated rings. The van der Waals surface area contributed by atoms with Gasteiger partial charge in [0.2, 0.25) is 5.91 Å². The summed E-state index contributed by atoms with van der Waals surface area (Å²) in [6, 6.07) is 11.2. The quantitative estimate of drug-likeness (QED) is 0.897. The topological polar surface area (TPSA) is 58.6 Å². The molecular weight excluding hydrogens is 335 g/mol. The predicted molar refractivity (Wildman–Crippen MR) is 96.0 cm³/mol. The molecule has 2 amide bonds. The maximum absolute atomic E-state index is 13.8. The third-order valence-corrected chi connectivity index (χ3v) is 4.39. The molecule has 0 saturated carbocycles. The van der Waals surface area contributed by atoms with E-state index in [4.69, 9.17) is 4.74 Å². The summed E-state index contributed by atoms with van der Waals surface area (Å²) in [5, 5.41) is 2.77. The van der Waals surface area contributed by atoms with Crippen LogP contribution in [0.15, 0.2) is 49.0 Å². The molecule has 26 heavy (non-hydrogen) atoms. The van der Waals surface area contributed by atoms with Crippen LogP contribution in [0, 0.1) is 5.82 Å². The van der Waals surface area contributed by atoms with Crippen LogP contribution in [-0.4, -0.2) is 30.4 Å². The molecule has 0 aliphatic carbocycles. The summed E-state index contributed by atoms with van der Waals surface area (Å²) < 4.78 is 18.7. The van der Waals surface area contributed by atoms with Crippen molar-refractivity contribution in [3.63, 3.8) is 0 Å². The number of halogens is 1. The summed E-state index contributed by atoms with van der Waals surface area (Å²) in [4.78, 5) is 26.2. The fraction of sp³-hybridized carbons (Fsp3) is 0.200. The van der Waals surface area contributed by atoms with Crippen LogP contribution in [0.5, 0.6) is 5.75 Å². The number of hydrogen-bond donors (Lipinski definition) is 1. The van der Waals surface area contributed by atoms with Crippen molar-refractivity contribution in [3.8, 4) is 5.75 Å². The first-order valence-corrected chi connectivity index (χ1v) is 8.15. The van der Waals surface area contributed by atoms with Crippen LogP contribution in [-0.2, 0) is 4.79 Å². The molecule has 2 aromatic carbocycles. The van der Waals surface area contributed by atoms with Gasteiger partial charge in [0.15, 0.2) is 11.6 Å². The molecule has 0 bridgehead atoms. The van der Waals surface area contributed by atoms with E-state index in [9.17, 15) is 14.0 Å². The molecule has 0 spiro atoms. The summed E-state index contributed by atoms with van der Waals surface area (Å²) in [6.45, 7) is 5.51. The first-order chi connectivity index (χ1) is 12.4. The first kappa shape index (κ1) is 17.7. The second-order valence-electron chi connectivity index (χ2n) is 6.07. The van der Waals surface area contributed by atoms with Gasteiger partial charge in [0.1, 0.15) is 6.54 Å². The zero-order valence-corrected chi connectivity index (χ0v) is 14.6. The van der Waals surface area contributed by atoms with E-state index in [1.807, 2.05) is 6.07 Å². The van der Waals surface area contributed by atoms with Gasteiger partial charge in [-0.2, -0.15) is 0 Å². The van der Waals surface area contributed by atoms with Crippen molar-refractivity contribution in [3.05, 3.63) is 71.6 Å². The van der Waals surface area contributed by atoms with Crippen LogP contribution >= 0.6 is 0 Å². The van der Waals surface area contributed by atoms with Crippen molar-refractivity contribution >= 4 is 17.5 Å². The standard InChI is InChI=1S/C20H19FN2O3/c1-12(14-8-9-18(26-3)17(21)10-14)22-19(24)11-23-13(2)15-6-4-5-7-16(15)20(23)25/h4-10,12H,2,11H2,1,3H3,(H,22,24)/t12-/m1/s1. The molecule has 6 heteroatoms. The third kappa shape index (κ3) is 3.18. The van der Waals surface area contributed by atoms with Crippen molar-refractivity contribution in [2.45, 2.75) is 13.0 Å². The molecule has 1 heterocycles. The van der Waals surface area contributed by atoms with E-state index in [0.29, 0.717) is 16.8 Å². The number of carbonyl (C=O) groups is 2. The van der Waals surface area contributed by atoms with Crippen LogP contribution in [0.1, 0.15) is 34.5 Å². The second kappa shape index (κ2) is 7.00. The Morgan fingerprint density at radius 1 is 1.27 bits per heavy atom. The van der Waals surface area contributed by atoms with E-state index < -0.39 is 11.9 Å². The molecule has 0 unspecified atom stereocenters. The van der Waals surface area contributed by atoms with Gasteiger partial charge < -0.3 is 10.1 Å². The lowest BCUT2D eigenvalue weighted by molar-refractivity contribution is -0.121. The summed E-state index contributed by atoms with van der Waals surface area (Å²) >= 11 is 0. The van der Waals surface area contributed by atoms with Gasteiger partial charge in [-0.25, -0.2) is 4.39 Å². The lowest BCUT2D eigenvalue weighted by Crippen LogP contribution is -2.38. The third-order valence-electron chi connectivity index (χ3n) is 4.39. The number of nitrogens with one attached hydrogen (secondary N) is 1. The number of ether oxygens (including phenoxy) is 1. The van der Waals surface area contributed by atoms with Crippen LogP contribution in [0.4, 0.5) is 4.39 Å². The summed E-state index contributed by atoms with van der Waals surface area (Å²) in [7, 11) is 1.39. The normalized spacial score (nSPS) is 14.2. The molecule has 3 rings (SSSR count). The van der Waals surface area contributed by atoms with E-state index in [1.165, 1.54) is 24.1 Å². The Hall–Kier alpha value is -3.15. The predicted octanol–water partition coefficient (Wildman–Crippen LogP) is 3.14. The van der Waals surface area contributed by atoms with Gasteiger partial charge in [0, 0.05) is 16.8 Å². The Kier molecular flexibility index (Phi) is 4.75. The number of carbonyl (C=O) groups excluding carboxylic acids is 2. The van der Waals surface area contributed by atoms with Crippen molar-refractivity contribution in [1.29, 1.82) is 0 Å². The molecule has 1 atom stereocenters. The molecule has 0 saturated heterocycles. The van der Waals surface area contributed by atoms with Gasteiger partial charge in [0.25, 0.3) is 5.91 Å². The lowest BCUT2D eigenvalue weighted by atomic mass is 10.1. The fourth-order valence-corrected chi connectivity index (χ4v) is 2.97. The SMILES string of the molecule is C=C1c2ccccc2C(=O)N1CC(=O)N[C@H](C)c1ccc(OC)c(F)c1. The maximum Gasteiger partial charge on any atom is 0.259 e. The van der Waals surface area contributed by atoms with E-state index in [2.05, 4.69) is 11.9 Å².